The van der Waals surface area contributed by atoms with Crippen molar-refractivity contribution in [3.8, 4) is 0 Å². The van der Waals surface area contributed by atoms with Gasteiger partial charge in [0.05, 0.1) is 11.3 Å². The zero-order valence-electron chi connectivity index (χ0n) is 18.2. The van der Waals surface area contributed by atoms with E-state index in [2.05, 4.69) is 21.2 Å². The lowest BCUT2D eigenvalue weighted by molar-refractivity contribution is -0.384. The molecule has 0 aliphatic carbocycles. The molecule has 1 unspecified atom stereocenters. The van der Waals surface area contributed by atoms with Crippen LogP contribution in [0, 0.1) is 17.0 Å². The van der Waals surface area contributed by atoms with Gasteiger partial charge in [0, 0.05) is 43.6 Å². The normalized spacial score (nSPS) is 11.3. The van der Waals surface area contributed by atoms with Gasteiger partial charge in [0.25, 0.3) is 5.69 Å². The number of aliphatic carboxylic acids is 1. The summed E-state index contributed by atoms with van der Waals surface area (Å²) in [7, 11) is 0. The van der Waals surface area contributed by atoms with Gasteiger partial charge in [-0.1, -0.05) is 12.1 Å². The van der Waals surface area contributed by atoms with Crippen molar-refractivity contribution in [3.63, 3.8) is 0 Å². The third-order valence-corrected chi connectivity index (χ3v) is 4.80. The predicted molar refractivity (Wildman–Crippen MR) is 120 cm³/mol. The van der Waals surface area contributed by atoms with E-state index in [9.17, 15) is 24.5 Å². The minimum absolute atomic E-state index is 0.190. The number of nitro benzene ring substituents is 1. The molecule has 0 saturated carbocycles. The maximum Gasteiger partial charge on any atom is 0.303 e. The SMILES string of the molecule is Cc1ccnc(NCCCCC(=O)NNC(=O)CC(CC(=O)O)c2cccc([N+](=O)[O-])c2)c1. The number of carbonyl (C=O) groups excluding carboxylic acids is 2. The van der Waals surface area contributed by atoms with Gasteiger partial charge in [-0.05, 0) is 43.0 Å². The standard InChI is InChI=1S/C22H27N5O6/c1-15-8-10-24-19(11-15)23-9-3-2-7-20(28)25-26-21(29)13-17(14-22(30)31)16-5-4-6-18(12-16)27(32)33/h4-6,8,10-12,17H,2-3,7,9,13-14H2,1H3,(H,23,24)(H,25,28)(H,26,29)(H,30,31). The van der Waals surface area contributed by atoms with Gasteiger partial charge in [-0.3, -0.25) is 35.3 Å². The van der Waals surface area contributed by atoms with Crippen LogP contribution in [0.3, 0.4) is 0 Å². The molecular formula is C22H27N5O6. The third kappa shape index (κ3) is 9.33. The third-order valence-electron chi connectivity index (χ3n) is 4.80. The number of hydrogen-bond acceptors (Lipinski definition) is 7. The molecule has 11 nitrogen and oxygen atoms in total. The summed E-state index contributed by atoms with van der Waals surface area (Å²) in [4.78, 5) is 49.9. The summed E-state index contributed by atoms with van der Waals surface area (Å²) in [6.45, 7) is 2.62. The lowest BCUT2D eigenvalue weighted by atomic mass is 9.92. The minimum Gasteiger partial charge on any atom is -0.481 e. The Balaban J connectivity index is 1.74. The molecule has 0 radical (unpaired) electrons. The Morgan fingerprint density at radius 1 is 1.09 bits per heavy atom. The molecule has 2 aromatic rings. The molecule has 0 aliphatic heterocycles. The Morgan fingerprint density at radius 2 is 1.85 bits per heavy atom. The van der Waals surface area contributed by atoms with Crippen LogP contribution < -0.4 is 16.2 Å². The fourth-order valence-corrected chi connectivity index (χ4v) is 3.15. The van der Waals surface area contributed by atoms with Gasteiger partial charge in [0.1, 0.15) is 5.82 Å². The smallest absolute Gasteiger partial charge is 0.303 e. The topological polar surface area (TPSA) is 164 Å². The molecule has 0 spiro atoms. The van der Waals surface area contributed by atoms with Gasteiger partial charge >= 0.3 is 5.97 Å². The van der Waals surface area contributed by atoms with Crippen LogP contribution in [-0.2, 0) is 14.4 Å². The first-order valence-corrected chi connectivity index (χ1v) is 10.4. The number of carboxylic acid groups (broad SMARTS) is 1. The molecule has 176 valence electrons. The first kappa shape index (κ1) is 25.2. The number of nitrogens with one attached hydrogen (secondary N) is 3. The molecule has 0 bridgehead atoms. The van der Waals surface area contributed by atoms with E-state index in [1.165, 1.54) is 24.3 Å². The number of hydrogen-bond donors (Lipinski definition) is 4. The summed E-state index contributed by atoms with van der Waals surface area (Å²) in [5.74, 6) is -2.11. The predicted octanol–water partition coefficient (Wildman–Crippen LogP) is 2.68. The van der Waals surface area contributed by atoms with E-state index in [1.807, 2.05) is 19.1 Å². The Kier molecular flexibility index (Phi) is 9.75. The zero-order valence-corrected chi connectivity index (χ0v) is 18.2. The molecule has 1 aromatic carbocycles. The molecule has 11 heteroatoms. The van der Waals surface area contributed by atoms with E-state index in [1.54, 1.807) is 6.20 Å². The molecule has 2 rings (SSSR count). The van der Waals surface area contributed by atoms with Crippen LogP contribution in [-0.4, -0.2) is 39.3 Å². The average Bonchev–Trinajstić information content (AvgIpc) is 2.77. The fraction of sp³-hybridized carbons (Fsp3) is 0.364. The molecule has 1 heterocycles. The highest BCUT2D eigenvalue weighted by atomic mass is 16.6. The minimum atomic E-state index is -1.14. The number of nitrogens with zero attached hydrogens (tertiary/aromatic N) is 2. The number of non-ortho nitro benzene ring substituents is 1. The van der Waals surface area contributed by atoms with Crippen molar-refractivity contribution in [3.05, 3.63) is 63.8 Å². The quantitative estimate of drug-likeness (QED) is 0.215. The average molecular weight is 457 g/mol. The highest BCUT2D eigenvalue weighted by Crippen LogP contribution is 2.26. The lowest BCUT2D eigenvalue weighted by Gasteiger charge is -2.15. The van der Waals surface area contributed by atoms with Crippen molar-refractivity contribution in [2.24, 2.45) is 0 Å². The van der Waals surface area contributed by atoms with Crippen molar-refractivity contribution in [2.75, 3.05) is 11.9 Å². The van der Waals surface area contributed by atoms with Crippen molar-refractivity contribution < 1.29 is 24.4 Å². The number of benzene rings is 1. The number of unbranched alkanes of at least 4 members (excludes halogenated alkanes) is 1. The number of rotatable bonds is 12. The Labute approximate surface area is 190 Å². The number of aromatic nitrogens is 1. The Morgan fingerprint density at radius 3 is 2.55 bits per heavy atom. The largest absolute Gasteiger partial charge is 0.481 e. The van der Waals surface area contributed by atoms with Gasteiger partial charge in [-0.25, -0.2) is 4.98 Å². The summed E-state index contributed by atoms with van der Waals surface area (Å²) < 4.78 is 0. The van der Waals surface area contributed by atoms with Crippen molar-refractivity contribution in [2.45, 2.75) is 44.9 Å². The molecule has 0 fully saturated rings. The van der Waals surface area contributed by atoms with Crippen molar-refractivity contribution >= 4 is 29.3 Å². The summed E-state index contributed by atoms with van der Waals surface area (Å²) >= 11 is 0. The summed E-state index contributed by atoms with van der Waals surface area (Å²) in [5.41, 5.74) is 5.86. The summed E-state index contributed by atoms with van der Waals surface area (Å²) in [5, 5.41) is 23.3. The second-order valence-electron chi connectivity index (χ2n) is 7.55. The van der Waals surface area contributed by atoms with Crippen LogP contribution in [0.15, 0.2) is 42.6 Å². The molecule has 33 heavy (non-hydrogen) atoms. The van der Waals surface area contributed by atoms with Crippen LogP contribution in [0.25, 0.3) is 0 Å². The maximum absolute atomic E-state index is 12.2. The first-order valence-electron chi connectivity index (χ1n) is 10.4. The van der Waals surface area contributed by atoms with Crippen LogP contribution in [0.5, 0.6) is 0 Å². The van der Waals surface area contributed by atoms with Gasteiger partial charge < -0.3 is 10.4 Å². The number of aryl methyl sites for hydroxylation is 1. The monoisotopic (exact) mass is 457 g/mol. The van der Waals surface area contributed by atoms with Gasteiger partial charge in [-0.15, -0.1) is 0 Å². The molecule has 4 N–H and O–H groups in total. The van der Waals surface area contributed by atoms with E-state index in [0.29, 0.717) is 18.5 Å². The second kappa shape index (κ2) is 12.7. The Hall–Kier alpha value is -4.02. The van der Waals surface area contributed by atoms with E-state index in [0.717, 1.165) is 17.8 Å². The van der Waals surface area contributed by atoms with Crippen LogP contribution >= 0.6 is 0 Å². The number of pyridine rings is 1. The van der Waals surface area contributed by atoms with Crippen LogP contribution in [0.2, 0.25) is 0 Å². The van der Waals surface area contributed by atoms with Crippen LogP contribution in [0.4, 0.5) is 11.5 Å². The van der Waals surface area contributed by atoms with Gasteiger partial charge in [0.15, 0.2) is 0 Å². The zero-order chi connectivity index (χ0) is 24.2. The maximum atomic E-state index is 12.2. The highest BCUT2D eigenvalue weighted by Gasteiger charge is 2.21. The second-order valence-corrected chi connectivity index (χ2v) is 7.55. The van der Waals surface area contributed by atoms with E-state index >= 15 is 0 Å². The van der Waals surface area contributed by atoms with Gasteiger partial charge in [-0.2, -0.15) is 0 Å². The first-order chi connectivity index (χ1) is 15.7. The fourth-order valence-electron chi connectivity index (χ4n) is 3.15. The van der Waals surface area contributed by atoms with E-state index < -0.39 is 22.7 Å². The summed E-state index contributed by atoms with van der Waals surface area (Å²) in [6.07, 6.45) is 2.60. The van der Waals surface area contributed by atoms with E-state index in [4.69, 9.17) is 5.11 Å². The Bertz CT molecular complexity index is 997. The molecule has 2 amide bonds. The van der Waals surface area contributed by atoms with Crippen LogP contribution in [0.1, 0.15) is 49.1 Å². The molecule has 0 saturated heterocycles. The lowest BCUT2D eigenvalue weighted by Crippen LogP contribution is -2.42. The number of nitro groups is 1. The molecular weight excluding hydrogens is 430 g/mol. The molecule has 1 atom stereocenters. The van der Waals surface area contributed by atoms with Crippen molar-refractivity contribution in [1.82, 2.24) is 15.8 Å². The molecule has 1 aromatic heterocycles. The molecule has 0 aliphatic rings. The number of anilines is 1. The highest BCUT2D eigenvalue weighted by molar-refractivity contribution is 5.83. The van der Waals surface area contributed by atoms with E-state index in [-0.39, 0.29) is 30.9 Å². The number of carbonyl (C=O) groups is 3. The van der Waals surface area contributed by atoms with Gasteiger partial charge in [0.2, 0.25) is 11.8 Å². The number of amides is 2. The number of carboxylic acids is 1. The van der Waals surface area contributed by atoms with Crippen molar-refractivity contribution in [1.29, 1.82) is 0 Å². The number of hydrazine groups is 1. The summed E-state index contributed by atoms with van der Waals surface area (Å²) in [6, 6.07) is 9.33.